The highest BCUT2D eigenvalue weighted by atomic mass is 15.3. The van der Waals surface area contributed by atoms with Gasteiger partial charge in [0, 0.05) is 24.4 Å². The van der Waals surface area contributed by atoms with Gasteiger partial charge in [0.05, 0.1) is 0 Å². The van der Waals surface area contributed by atoms with Crippen LogP contribution in [0.4, 0.5) is 0 Å². The maximum absolute atomic E-state index is 4.18. The molecule has 2 nitrogen and oxygen atoms in total. The van der Waals surface area contributed by atoms with E-state index in [1.165, 1.54) is 18.5 Å². The zero-order valence-electron chi connectivity index (χ0n) is 8.46. The first kappa shape index (κ1) is 9.30. The SMILES string of the molecule is CCCC(C)(C)c1ccnn1C. The molecule has 1 aromatic rings. The topological polar surface area (TPSA) is 17.8 Å². The van der Waals surface area contributed by atoms with Crippen molar-refractivity contribution in [1.82, 2.24) is 9.78 Å². The Morgan fingerprint density at radius 1 is 1.50 bits per heavy atom. The molecule has 1 rings (SSSR count). The lowest BCUT2D eigenvalue weighted by atomic mass is 9.84. The molecule has 12 heavy (non-hydrogen) atoms. The van der Waals surface area contributed by atoms with Gasteiger partial charge in [-0.3, -0.25) is 4.68 Å². The molecule has 68 valence electrons. The lowest BCUT2D eigenvalue weighted by Crippen LogP contribution is -2.20. The third-order valence-electron chi connectivity index (χ3n) is 2.39. The molecule has 0 saturated heterocycles. The van der Waals surface area contributed by atoms with Crippen molar-refractivity contribution in [2.75, 3.05) is 0 Å². The summed E-state index contributed by atoms with van der Waals surface area (Å²) in [5.74, 6) is 0. The van der Waals surface area contributed by atoms with Crippen LogP contribution < -0.4 is 0 Å². The van der Waals surface area contributed by atoms with Crippen LogP contribution >= 0.6 is 0 Å². The summed E-state index contributed by atoms with van der Waals surface area (Å²) in [6, 6.07) is 2.11. The predicted molar refractivity (Wildman–Crippen MR) is 51.1 cm³/mol. The first-order chi connectivity index (χ1) is 5.58. The van der Waals surface area contributed by atoms with Crippen molar-refractivity contribution in [3.63, 3.8) is 0 Å². The second kappa shape index (κ2) is 3.30. The zero-order valence-corrected chi connectivity index (χ0v) is 8.46. The van der Waals surface area contributed by atoms with Crippen LogP contribution in [0.2, 0.25) is 0 Å². The second-order valence-electron chi connectivity index (χ2n) is 3.97. The molecule has 0 radical (unpaired) electrons. The van der Waals surface area contributed by atoms with E-state index in [1.807, 2.05) is 17.9 Å². The minimum Gasteiger partial charge on any atom is -0.272 e. The molecule has 0 unspecified atom stereocenters. The molecular formula is C10H18N2. The van der Waals surface area contributed by atoms with Gasteiger partial charge in [-0.15, -0.1) is 0 Å². The van der Waals surface area contributed by atoms with Crippen LogP contribution in [0, 0.1) is 0 Å². The Morgan fingerprint density at radius 2 is 2.17 bits per heavy atom. The van der Waals surface area contributed by atoms with Gasteiger partial charge in [-0.2, -0.15) is 5.10 Å². The van der Waals surface area contributed by atoms with Crippen molar-refractivity contribution in [1.29, 1.82) is 0 Å². The van der Waals surface area contributed by atoms with E-state index in [0.717, 1.165) is 0 Å². The monoisotopic (exact) mass is 166 g/mol. The fourth-order valence-corrected chi connectivity index (χ4v) is 1.79. The Bertz CT molecular complexity index is 248. The minimum atomic E-state index is 0.264. The Hall–Kier alpha value is -0.790. The number of nitrogens with zero attached hydrogens (tertiary/aromatic N) is 2. The maximum atomic E-state index is 4.18. The average molecular weight is 166 g/mol. The third kappa shape index (κ3) is 1.68. The molecule has 0 saturated carbocycles. The highest BCUT2D eigenvalue weighted by molar-refractivity contribution is 5.12. The smallest absolute Gasteiger partial charge is 0.0492 e. The maximum Gasteiger partial charge on any atom is 0.0492 e. The predicted octanol–water partition coefficient (Wildman–Crippen LogP) is 2.50. The Kier molecular flexibility index (Phi) is 2.55. The fourth-order valence-electron chi connectivity index (χ4n) is 1.79. The summed E-state index contributed by atoms with van der Waals surface area (Å²) in [6.07, 6.45) is 4.30. The minimum absolute atomic E-state index is 0.264. The Balaban J connectivity index is 2.88. The first-order valence-electron chi connectivity index (χ1n) is 4.56. The molecule has 0 aliphatic rings. The largest absolute Gasteiger partial charge is 0.272 e. The van der Waals surface area contributed by atoms with E-state index < -0.39 is 0 Å². The van der Waals surface area contributed by atoms with Crippen LogP contribution in [-0.2, 0) is 12.5 Å². The molecule has 0 N–H and O–H groups in total. The van der Waals surface area contributed by atoms with Crippen LogP contribution in [0.3, 0.4) is 0 Å². The van der Waals surface area contributed by atoms with Crippen molar-refractivity contribution in [2.24, 2.45) is 7.05 Å². The van der Waals surface area contributed by atoms with E-state index in [4.69, 9.17) is 0 Å². The Morgan fingerprint density at radius 3 is 2.58 bits per heavy atom. The van der Waals surface area contributed by atoms with Crippen molar-refractivity contribution < 1.29 is 0 Å². The lowest BCUT2D eigenvalue weighted by Gasteiger charge is -2.23. The summed E-state index contributed by atoms with van der Waals surface area (Å²) < 4.78 is 1.97. The van der Waals surface area contributed by atoms with E-state index in [9.17, 15) is 0 Å². The van der Waals surface area contributed by atoms with Crippen molar-refractivity contribution >= 4 is 0 Å². The number of hydrogen-bond donors (Lipinski definition) is 0. The van der Waals surface area contributed by atoms with Gasteiger partial charge in [0.1, 0.15) is 0 Å². The van der Waals surface area contributed by atoms with E-state index >= 15 is 0 Å². The zero-order chi connectivity index (χ0) is 9.19. The van der Waals surface area contributed by atoms with Crippen molar-refractivity contribution in [2.45, 2.75) is 39.0 Å². The van der Waals surface area contributed by atoms with Crippen LogP contribution in [0.1, 0.15) is 39.3 Å². The summed E-state index contributed by atoms with van der Waals surface area (Å²) >= 11 is 0. The number of aromatic nitrogens is 2. The molecule has 0 aliphatic heterocycles. The van der Waals surface area contributed by atoms with Crippen LogP contribution in [0.5, 0.6) is 0 Å². The molecule has 0 bridgehead atoms. The molecule has 1 heterocycles. The highest BCUT2D eigenvalue weighted by Gasteiger charge is 2.22. The molecule has 0 aromatic carbocycles. The molecule has 0 atom stereocenters. The average Bonchev–Trinajstić information content (AvgIpc) is 2.35. The summed E-state index contributed by atoms with van der Waals surface area (Å²) in [5, 5.41) is 4.18. The van der Waals surface area contributed by atoms with Gasteiger partial charge in [0.15, 0.2) is 0 Å². The van der Waals surface area contributed by atoms with Crippen LogP contribution in [0.15, 0.2) is 12.3 Å². The fraction of sp³-hybridized carbons (Fsp3) is 0.700. The van der Waals surface area contributed by atoms with Gasteiger partial charge >= 0.3 is 0 Å². The molecular weight excluding hydrogens is 148 g/mol. The second-order valence-corrected chi connectivity index (χ2v) is 3.97. The first-order valence-corrected chi connectivity index (χ1v) is 4.56. The van der Waals surface area contributed by atoms with Gasteiger partial charge in [-0.05, 0) is 12.5 Å². The molecule has 1 aromatic heterocycles. The lowest BCUT2D eigenvalue weighted by molar-refractivity contribution is 0.436. The normalized spacial score (nSPS) is 12.0. The van der Waals surface area contributed by atoms with E-state index in [2.05, 4.69) is 31.9 Å². The number of aryl methyl sites for hydroxylation is 1. The quantitative estimate of drug-likeness (QED) is 0.674. The number of rotatable bonds is 3. The molecule has 0 fully saturated rings. The Labute approximate surface area is 74.6 Å². The molecule has 0 spiro atoms. The van der Waals surface area contributed by atoms with Gasteiger partial charge in [-0.1, -0.05) is 27.2 Å². The number of hydrogen-bond acceptors (Lipinski definition) is 1. The van der Waals surface area contributed by atoms with Gasteiger partial charge in [0.2, 0.25) is 0 Å². The van der Waals surface area contributed by atoms with Gasteiger partial charge in [0.25, 0.3) is 0 Å². The highest BCUT2D eigenvalue weighted by Crippen LogP contribution is 2.27. The standard InChI is InChI=1S/C10H18N2/c1-5-7-10(2,3)9-6-8-11-12(9)4/h6,8H,5,7H2,1-4H3. The molecule has 0 aliphatic carbocycles. The molecule has 2 heteroatoms. The van der Waals surface area contributed by atoms with Gasteiger partial charge < -0.3 is 0 Å². The van der Waals surface area contributed by atoms with Crippen LogP contribution in [-0.4, -0.2) is 9.78 Å². The van der Waals surface area contributed by atoms with Gasteiger partial charge in [-0.25, -0.2) is 0 Å². The van der Waals surface area contributed by atoms with Crippen molar-refractivity contribution in [3.8, 4) is 0 Å². The van der Waals surface area contributed by atoms with Crippen LogP contribution in [0.25, 0.3) is 0 Å². The molecule has 0 amide bonds. The van der Waals surface area contributed by atoms with E-state index in [0.29, 0.717) is 0 Å². The summed E-state index contributed by atoms with van der Waals surface area (Å²) in [6.45, 7) is 6.76. The van der Waals surface area contributed by atoms with E-state index in [-0.39, 0.29) is 5.41 Å². The summed E-state index contributed by atoms with van der Waals surface area (Å²) in [4.78, 5) is 0. The van der Waals surface area contributed by atoms with E-state index in [1.54, 1.807) is 0 Å². The summed E-state index contributed by atoms with van der Waals surface area (Å²) in [5.41, 5.74) is 1.59. The summed E-state index contributed by atoms with van der Waals surface area (Å²) in [7, 11) is 2.01. The third-order valence-corrected chi connectivity index (χ3v) is 2.39. The van der Waals surface area contributed by atoms with Crippen molar-refractivity contribution in [3.05, 3.63) is 18.0 Å².